The standard InChI is InChI=1S/C10H10Br4O5/c1-17-7(15)9(13)5-3(11)4(12)6(19-5)10(9,14)8(16)18-2/h3-6H,1-2H3/t3-,4-,5+,6+,9-,10+/m1/s1. The minimum absolute atomic E-state index is 0.147. The van der Waals surface area contributed by atoms with Gasteiger partial charge in [0.05, 0.1) is 36.1 Å². The SMILES string of the molecule is COC(=O)[C@@]1(Br)[C@H]2O[C@@H]([C@H](Br)[C@H]2Br)[C@@]1(Br)C(=O)OC. The summed E-state index contributed by atoms with van der Waals surface area (Å²) in [5.74, 6) is -1.18. The van der Waals surface area contributed by atoms with Gasteiger partial charge >= 0.3 is 11.9 Å². The maximum atomic E-state index is 12.2. The zero-order chi connectivity index (χ0) is 14.6. The summed E-state index contributed by atoms with van der Waals surface area (Å²) in [6, 6.07) is 0. The highest BCUT2D eigenvalue weighted by Gasteiger charge is 2.80. The molecule has 0 saturated carbocycles. The van der Waals surface area contributed by atoms with E-state index in [0.29, 0.717) is 0 Å². The van der Waals surface area contributed by atoms with E-state index in [4.69, 9.17) is 14.2 Å². The van der Waals surface area contributed by atoms with Gasteiger partial charge in [-0.1, -0.05) is 63.7 Å². The van der Waals surface area contributed by atoms with Crippen LogP contribution in [0, 0.1) is 0 Å². The van der Waals surface area contributed by atoms with Gasteiger partial charge in [0.15, 0.2) is 8.65 Å². The minimum Gasteiger partial charge on any atom is -0.468 e. The lowest BCUT2D eigenvalue weighted by Crippen LogP contribution is -2.67. The molecule has 2 bridgehead atoms. The number of hydrogen-bond donors (Lipinski definition) is 0. The van der Waals surface area contributed by atoms with Gasteiger partial charge < -0.3 is 14.2 Å². The first-order valence-electron chi connectivity index (χ1n) is 5.25. The summed E-state index contributed by atoms with van der Waals surface area (Å²) in [5, 5.41) is 0. The lowest BCUT2D eigenvalue weighted by molar-refractivity contribution is -0.152. The van der Waals surface area contributed by atoms with Crippen LogP contribution in [-0.2, 0) is 23.8 Å². The zero-order valence-electron chi connectivity index (χ0n) is 9.86. The van der Waals surface area contributed by atoms with E-state index >= 15 is 0 Å². The predicted octanol–water partition coefficient (Wildman–Crippen LogP) is 1.91. The molecule has 108 valence electrons. The second kappa shape index (κ2) is 5.23. The number of hydrogen-bond acceptors (Lipinski definition) is 5. The second-order valence-corrected chi connectivity index (χ2v) is 8.89. The smallest absolute Gasteiger partial charge is 0.327 e. The van der Waals surface area contributed by atoms with Crippen LogP contribution < -0.4 is 0 Å². The molecule has 9 heteroatoms. The Hall–Kier alpha value is 0.820. The molecule has 2 saturated heterocycles. The summed E-state index contributed by atoms with van der Waals surface area (Å²) < 4.78 is 12.7. The molecule has 0 unspecified atom stereocenters. The Morgan fingerprint density at radius 1 is 0.947 bits per heavy atom. The average Bonchev–Trinajstić information content (AvgIpc) is 2.83. The van der Waals surface area contributed by atoms with E-state index in [1.165, 1.54) is 14.2 Å². The molecule has 5 nitrogen and oxygen atoms in total. The van der Waals surface area contributed by atoms with E-state index in [2.05, 4.69) is 63.7 Å². The van der Waals surface area contributed by atoms with Gasteiger partial charge in [-0.3, -0.25) is 9.59 Å². The molecule has 19 heavy (non-hydrogen) atoms. The molecule has 2 aliphatic rings. The molecule has 0 N–H and O–H groups in total. The number of carbonyl (C=O) groups is 2. The molecule has 2 heterocycles. The first-order valence-corrected chi connectivity index (χ1v) is 8.66. The Labute approximate surface area is 143 Å². The third-order valence-electron chi connectivity index (χ3n) is 3.45. The first-order chi connectivity index (χ1) is 8.76. The lowest BCUT2D eigenvalue weighted by atomic mass is 9.78. The van der Waals surface area contributed by atoms with E-state index in [1.54, 1.807) is 0 Å². The zero-order valence-corrected chi connectivity index (χ0v) is 16.2. The highest BCUT2D eigenvalue weighted by atomic mass is 79.9. The fraction of sp³-hybridized carbons (Fsp3) is 0.800. The first kappa shape index (κ1) is 16.2. The molecule has 0 aromatic rings. The molecule has 2 aliphatic heterocycles. The predicted molar refractivity (Wildman–Crippen MR) is 81.4 cm³/mol. The van der Waals surface area contributed by atoms with Gasteiger partial charge in [0.25, 0.3) is 0 Å². The van der Waals surface area contributed by atoms with Crippen molar-refractivity contribution in [1.29, 1.82) is 0 Å². The van der Waals surface area contributed by atoms with Crippen molar-refractivity contribution in [2.24, 2.45) is 0 Å². The molecular formula is C10H10Br4O5. The number of carbonyl (C=O) groups excluding carboxylic acids is 2. The number of esters is 2. The Morgan fingerprint density at radius 3 is 1.53 bits per heavy atom. The molecule has 2 rings (SSSR count). The van der Waals surface area contributed by atoms with Crippen molar-refractivity contribution in [3.63, 3.8) is 0 Å². The number of halogens is 4. The van der Waals surface area contributed by atoms with Gasteiger partial charge in [0.2, 0.25) is 0 Å². The van der Waals surface area contributed by atoms with Crippen LogP contribution >= 0.6 is 63.7 Å². The van der Waals surface area contributed by atoms with E-state index in [0.717, 1.165) is 0 Å². The van der Waals surface area contributed by atoms with Crippen molar-refractivity contribution >= 4 is 75.7 Å². The molecule has 2 fully saturated rings. The van der Waals surface area contributed by atoms with Crippen LogP contribution in [0.4, 0.5) is 0 Å². The van der Waals surface area contributed by atoms with Crippen molar-refractivity contribution in [3.8, 4) is 0 Å². The van der Waals surface area contributed by atoms with Crippen LogP contribution in [0.2, 0.25) is 0 Å². The van der Waals surface area contributed by atoms with Gasteiger partial charge in [-0.05, 0) is 0 Å². The van der Waals surface area contributed by atoms with Crippen LogP contribution in [0.25, 0.3) is 0 Å². The Morgan fingerprint density at radius 2 is 1.26 bits per heavy atom. The summed E-state index contributed by atoms with van der Waals surface area (Å²) in [5.41, 5.74) is 0. The van der Waals surface area contributed by atoms with Crippen molar-refractivity contribution in [1.82, 2.24) is 0 Å². The van der Waals surface area contributed by atoms with Gasteiger partial charge in [-0.15, -0.1) is 0 Å². The molecule has 0 amide bonds. The van der Waals surface area contributed by atoms with Gasteiger partial charge in [-0.25, -0.2) is 0 Å². The van der Waals surface area contributed by atoms with Crippen molar-refractivity contribution in [3.05, 3.63) is 0 Å². The van der Waals surface area contributed by atoms with Crippen LogP contribution in [-0.4, -0.2) is 56.7 Å². The van der Waals surface area contributed by atoms with Crippen LogP contribution in [0.3, 0.4) is 0 Å². The number of rotatable bonds is 2. The highest BCUT2D eigenvalue weighted by Crippen LogP contribution is 2.61. The summed E-state index contributed by atoms with van der Waals surface area (Å²) in [4.78, 5) is 24.1. The monoisotopic (exact) mass is 526 g/mol. The van der Waals surface area contributed by atoms with Crippen LogP contribution in [0.1, 0.15) is 0 Å². The minimum atomic E-state index is -1.36. The third-order valence-corrected chi connectivity index (χ3v) is 9.60. The van der Waals surface area contributed by atoms with E-state index in [-0.39, 0.29) is 9.65 Å². The van der Waals surface area contributed by atoms with Crippen molar-refractivity contribution in [2.45, 2.75) is 30.5 Å². The van der Waals surface area contributed by atoms with Crippen molar-refractivity contribution < 1.29 is 23.8 Å². The molecule has 0 spiro atoms. The van der Waals surface area contributed by atoms with E-state index in [9.17, 15) is 9.59 Å². The van der Waals surface area contributed by atoms with Gasteiger partial charge in [-0.2, -0.15) is 0 Å². The quantitative estimate of drug-likeness (QED) is 0.404. The molecule has 0 aliphatic carbocycles. The van der Waals surface area contributed by atoms with Crippen molar-refractivity contribution in [2.75, 3.05) is 14.2 Å². The second-order valence-electron chi connectivity index (χ2n) is 4.27. The van der Waals surface area contributed by atoms with E-state index < -0.39 is 32.8 Å². The number of methoxy groups -OCH3 is 2. The maximum absolute atomic E-state index is 12.2. The highest BCUT2D eigenvalue weighted by molar-refractivity contribution is 9.14. The lowest BCUT2D eigenvalue weighted by Gasteiger charge is -2.42. The number of alkyl halides is 4. The van der Waals surface area contributed by atoms with Crippen LogP contribution in [0.15, 0.2) is 0 Å². The molecular weight excluding hydrogens is 520 g/mol. The Balaban J connectivity index is 2.56. The normalized spacial score (nSPS) is 48.1. The summed E-state index contributed by atoms with van der Waals surface area (Å²) in [6.45, 7) is 0. The summed E-state index contributed by atoms with van der Waals surface area (Å²) in [7, 11) is 2.52. The summed E-state index contributed by atoms with van der Waals surface area (Å²) >= 11 is 13.7. The summed E-state index contributed by atoms with van der Waals surface area (Å²) in [6.07, 6.45) is -1.15. The third kappa shape index (κ3) is 1.84. The van der Waals surface area contributed by atoms with Gasteiger partial charge in [0, 0.05) is 0 Å². The topological polar surface area (TPSA) is 61.8 Å². The van der Waals surface area contributed by atoms with E-state index in [1.807, 2.05) is 0 Å². The Bertz CT molecular complexity index is 394. The molecule has 0 aromatic carbocycles. The number of ether oxygens (including phenoxy) is 3. The van der Waals surface area contributed by atoms with Crippen LogP contribution in [0.5, 0.6) is 0 Å². The van der Waals surface area contributed by atoms with Gasteiger partial charge in [0.1, 0.15) is 0 Å². The molecule has 6 atom stereocenters. The largest absolute Gasteiger partial charge is 0.468 e. The number of fused-ring (bicyclic) bond motifs is 2. The fourth-order valence-corrected chi connectivity index (χ4v) is 6.70. The Kier molecular flexibility index (Phi) is 4.45. The fourth-order valence-electron chi connectivity index (χ4n) is 2.51. The molecule has 0 radical (unpaired) electrons. The molecule has 0 aromatic heterocycles. The average molecular weight is 530 g/mol. The maximum Gasteiger partial charge on any atom is 0.327 e.